The predicted octanol–water partition coefficient (Wildman–Crippen LogP) is 3.36. The Morgan fingerprint density at radius 3 is 1.96 bits per heavy atom. The van der Waals surface area contributed by atoms with E-state index in [-0.39, 0.29) is 5.56 Å². The van der Waals surface area contributed by atoms with Gasteiger partial charge in [-0.05, 0) is 40.5 Å². The molecule has 1 aliphatic carbocycles. The minimum absolute atomic E-state index is 0.0929. The van der Waals surface area contributed by atoms with Gasteiger partial charge in [-0.15, -0.1) is 0 Å². The van der Waals surface area contributed by atoms with Crippen LogP contribution in [0.3, 0.4) is 0 Å². The summed E-state index contributed by atoms with van der Waals surface area (Å²) in [6.45, 7) is 0. The van der Waals surface area contributed by atoms with Crippen LogP contribution < -0.4 is 11.1 Å². The van der Waals surface area contributed by atoms with Gasteiger partial charge in [-0.2, -0.15) is 0 Å². The van der Waals surface area contributed by atoms with Crippen LogP contribution in [0.15, 0.2) is 66.7 Å². The van der Waals surface area contributed by atoms with E-state index in [0.717, 1.165) is 40.5 Å². The van der Waals surface area contributed by atoms with Crippen LogP contribution >= 0.6 is 0 Å². The maximum atomic E-state index is 13.5. The van der Waals surface area contributed by atoms with Gasteiger partial charge in [-0.25, -0.2) is 8.78 Å². The van der Waals surface area contributed by atoms with Gasteiger partial charge in [-0.1, -0.05) is 48.5 Å². The third-order valence-electron chi connectivity index (χ3n) is 4.99. The second kappa shape index (κ2) is 6.88. The molecule has 1 aliphatic rings. The Balaban J connectivity index is 1.73. The number of amides is 2. The number of hydrogen-bond donors (Lipinski definition) is 2. The summed E-state index contributed by atoms with van der Waals surface area (Å²) in [6.07, 6.45) is 0. The number of benzene rings is 3. The minimum atomic E-state index is -1.14. The largest absolute Gasteiger partial charge is 0.368 e. The molecule has 0 spiro atoms. The maximum absolute atomic E-state index is 13.5. The first kappa shape index (κ1) is 17.9. The van der Waals surface area contributed by atoms with Gasteiger partial charge in [0, 0.05) is 11.5 Å². The normalized spacial score (nSPS) is 13.5. The molecular weight excluding hydrogens is 362 g/mol. The number of primary amides is 1. The lowest BCUT2D eigenvalue weighted by molar-refractivity contribution is -0.120. The van der Waals surface area contributed by atoms with Gasteiger partial charge >= 0.3 is 0 Å². The number of carbonyl (C=O) groups excluding carboxylic acids is 2. The highest BCUT2D eigenvalue weighted by Crippen LogP contribution is 2.46. The average Bonchev–Trinajstić information content (AvgIpc) is 3.02. The van der Waals surface area contributed by atoms with Gasteiger partial charge in [0.1, 0.15) is 6.04 Å². The molecule has 0 fully saturated rings. The second-order valence-electron chi connectivity index (χ2n) is 6.63. The Hall–Kier alpha value is -3.54. The Bertz CT molecular complexity index is 1050. The van der Waals surface area contributed by atoms with Crippen LogP contribution in [-0.2, 0) is 4.79 Å². The number of hydrogen-bond acceptors (Lipinski definition) is 2. The highest BCUT2D eigenvalue weighted by molar-refractivity contribution is 5.98. The zero-order chi connectivity index (χ0) is 19.8. The van der Waals surface area contributed by atoms with Crippen molar-refractivity contribution < 1.29 is 18.4 Å². The fourth-order valence-electron chi connectivity index (χ4n) is 3.73. The Morgan fingerprint density at radius 2 is 1.43 bits per heavy atom. The standard InChI is InChI=1S/C22H16F2N2O2/c23-17-10-9-12(11-18(17)24)22(28)26-20(21(25)27)19-15-7-3-1-5-13(15)14-6-2-4-8-16(14)19/h1-11,19-20H,(H2,25,27)(H,26,28)/t20-/m0/s1. The van der Waals surface area contributed by atoms with Crippen molar-refractivity contribution in [3.8, 4) is 11.1 Å². The molecule has 0 aliphatic heterocycles. The molecular formula is C22H16F2N2O2. The van der Waals surface area contributed by atoms with Gasteiger partial charge in [0.25, 0.3) is 5.91 Å². The van der Waals surface area contributed by atoms with Crippen molar-refractivity contribution >= 4 is 11.8 Å². The molecule has 0 saturated carbocycles. The minimum Gasteiger partial charge on any atom is -0.368 e. The molecule has 2 amide bonds. The van der Waals surface area contributed by atoms with Crippen molar-refractivity contribution in [1.82, 2.24) is 5.32 Å². The lowest BCUT2D eigenvalue weighted by Crippen LogP contribution is -2.48. The van der Waals surface area contributed by atoms with Crippen LogP contribution in [0.2, 0.25) is 0 Å². The van der Waals surface area contributed by atoms with E-state index in [1.165, 1.54) is 0 Å². The number of halogens is 2. The predicted molar refractivity (Wildman–Crippen MR) is 101 cm³/mol. The molecule has 28 heavy (non-hydrogen) atoms. The van der Waals surface area contributed by atoms with Crippen LogP contribution in [0.4, 0.5) is 8.78 Å². The summed E-state index contributed by atoms with van der Waals surface area (Å²) in [5.41, 5.74) is 9.21. The zero-order valence-electron chi connectivity index (χ0n) is 14.7. The van der Waals surface area contributed by atoms with E-state index >= 15 is 0 Å². The first-order chi connectivity index (χ1) is 13.5. The third kappa shape index (κ3) is 2.93. The van der Waals surface area contributed by atoms with E-state index in [4.69, 9.17) is 5.73 Å². The number of nitrogens with one attached hydrogen (secondary N) is 1. The van der Waals surface area contributed by atoms with E-state index < -0.39 is 35.4 Å². The Labute approximate surface area is 160 Å². The molecule has 140 valence electrons. The summed E-state index contributed by atoms with van der Waals surface area (Å²) in [5.74, 6) is -4.09. The fraction of sp³-hybridized carbons (Fsp3) is 0.0909. The number of fused-ring (bicyclic) bond motifs is 3. The SMILES string of the molecule is NC(=O)[C@@H](NC(=O)c1ccc(F)c(F)c1)C1c2ccccc2-c2ccccc21. The third-order valence-corrected chi connectivity index (χ3v) is 4.99. The molecule has 1 atom stereocenters. The smallest absolute Gasteiger partial charge is 0.252 e. The van der Waals surface area contributed by atoms with Crippen LogP contribution in [0, 0.1) is 11.6 Å². The van der Waals surface area contributed by atoms with Crippen molar-refractivity contribution in [3.63, 3.8) is 0 Å². The van der Waals surface area contributed by atoms with Crippen LogP contribution in [0.1, 0.15) is 27.4 Å². The van der Waals surface area contributed by atoms with Gasteiger partial charge in [0.2, 0.25) is 5.91 Å². The molecule has 4 nitrogen and oxygen atoms in total. The van der Waals surface area contributed by atoms with Crippen molar-refractivity contribution in [2.75, 3.05) is 0 Å². The Kier molecular flexibility index (Phi) is 4.39. The molecule has 0 heterocycles. The molecule has 0 saturated heterocycles. The highest BCUT2D eigenvalue weighted by Gasteiger charge is 2.38. The molecule has 0 unspecified atom stereocenters. The van der Waals surface area contributed by atoms with E-state index in [1.54, 1.807) is 0 Å². The molecule has 3 aromatic rings. The van der Waals surface area contributed by atoms with Crippen molar-refractivity contribution in [1.29, 1.82) is 0 Å². The average molecular weight is 378 g/mol. The van der Waals surface area contributed by atoms with Gasteiger partial charge in [-0.3, -0.25) is 9.59 Å². The summed E-state index contributed by atoms with van der Waals surface area (Å²) in [4.78, 5) is 24.9. The first-order valence-electron chi connectivity index (χ1n) is 8.71. The number of carbonyl (C=O) groups is 2. The van der Waals surface area contributed by atoms with Crippen molar-refractivity contribution in [3.05, 3.63) is 95.1 Å². The van der Waals surface area contributed by atoms with Crippen LogP contribution in [0.5, 0.6) is 0 Å². The fourth-order valence-corrected chi connectivity index (χ4v) is 3.73. The molecule has 4 rings (SSSR count). The quantitative estimate of drug-likeness (QED) is 0.731. The molecule has 0 bridgehead atoms. The monoisotopic (exact) mass is 378 g/mol. The lowest BCUT2D eigenvalue weighted by Gasteiger charge is -2.24. The number of nitrogens with two attached hydrogens (primary N) is 1. The first-order valence-corrected chi connectivity index (χ1v) is 8.71. The zero-order valence-corrected chi connectivity index (χ0v) is 14.7. The van der Waals surface area contributed by atoms with E-state index in [1.807, 2.05) is 48.5 Å². The van der Waals surface area contributed by atoms with E-state index in [2.05, 4.69) is 5.32 Å². The molecule has 0 radical (unpaired) electrons. The molecule has 6 heteroatoms. The Morgan fingerprint density at radius 1 is 0.857 bits per heavy atom. The highest BCUT2D eigenvalue weighted by atomic mass is 19.2. The van der Waals surface area contributed by atoms with Crippen molar-refractivity contribution in [2.45, 2.75) is 12.0 Å². The van der Waals surface area contributed by atoms with E-state index in [0.29, 0.717) is 0 Å². The maximum Gasteiger partial charge on any atom is 0.252 e. The molecule has 3 N–H and O–H groups in total. The van der Waals surface area contributed by atoms with Crippen molar-refractivity contribution in [2.24, 2.45) is 5.73 Å². The summed E-state index contributed by atoms with van der Waals surface area (Å²) in [7, 11) is 0. The van der Waals surface area contributed by atoms with Gasteiger partial charge in [0.05, 0.1) is 0 Å². The topological polar surface area (TPSA) is 72.2 Å². The van der Waals surface area contributed by atoms with Gasteiger partial charge < -0.3 is 11.1 Å². The molecule has 3 aromatic carbocycles. The number of rotatable bonds is 4. The summed E-state index contributed by atoms with van der Waals surface area (Å²) >= 11 is 0. The summed E-state index contributed by atoms with van der Waals surface area (Å²) in [6, 6.07) is 16.9. The lowest BCUT2D eigenvalue weighted by atomic mass is 9.88. The van der Waals surface area contributed by atoms with Gasteiger partial charge in [0.15, 0.2) is 11.6 Å². The summed E-state index contributed by atoms with van der Waals surface area (Å²) in [5, 5.41) is 2.60. The van der Waals surface area contributed by atoms with Crippen LogP contribution in [0.25, 0.3) is 11.1 Å². The van der Waals surface area contributed by atoms with Crippen LogP contribution in [-0.4, -0.2) is 17.9 Å². The second-order valence-corrected chi connectivity index (χ2v) is 6.63. The summed E-state index contributed by atoms with van der Waals surface area (Å²) < 4.78 is 26.6. The molecule has 0 aromatic heterocycles. The van der Waals surface area contributed by atoms with E-state index in [9.17, 15) is 18.4 Å².